The van der Waals surface area contributed by atoms with E-state index in [0.717, 1.165) is 37.4 Å². The van der Waals surface area contributed by atoms with Crippen LogP contribution < -0.4 is 10.1 Å². The number of rotatable bonds is 8. The molecule has 160 valence electrons. The van der Waals surface area contributed by atoms with Gasteiger partial charge in [0, 0.05) is 12.4 Å². The number of halogens is 2. The van der Waals surface area contributed by atoms with Gasteiger partial charge in [-0.05, 0) is 41.8 Å². The van der Waals surface area contributed by atoms with Crippen LogP contribution in [-0.2, 0) is 0 Å². The smallest absolute Gasteiger partial charge is 0.356 e. The molecule has 0 radical (unpaired) electrons. The predicted molar refractivity (Wildman–Crippen MR) is 109 cm³/mol. The fourth-order valence-corrected chi connectivity index (χ4v) is 2.79. The molecule has 0 atom stereocenters. The maximum absolute atomic E-state index is 14.6. The first-order chi connectivity index (χ1) is 14.9. The topological polar surface area (TPSA) is 101 Å². The molecule has 7 nitrogen and oxygen atoms in total. The number of nitrogens with zero attached hydrogens (tertiary/aromatic N) is 2. The SMILES string of the molecule is CCCCOc1cccc(-c2cc(F)c(NC(=O)c3nccnc3C(=O)O)c(F)c2)c1. The molecule has 9 heteroatoms. The molecule has 0 spiro atoms. The second-order valence-corrected chi connectivity index (χ2v) is 6.56. The number of aromatic nitrogens is 2. The molecule has 0 bridgehead atoms. The van der Waals surface area contributed by atoms with Gasteiger partial charge in [0.05, 0.1) is 6.61 Å². The van der Waals surface area contributed by atoms with E-state index in [1.54, 1.807) is 24.3 Å². The summed E-state index contributed by atoms with van der Waals surface area (Å²) < 4.78 is 34.9. The van der Waals surface area contributed by atoms with E-state index in [9.17, 15) is 18.4 Å². The van der Waals surface area contributed by atoms with Crippen molar-refractivity contribution in [3.8, 4) is 16.9 Å². The highest BCUT2D eigenvalue weighted by Crippen LogP contribution is 2.30. The van der Waals surface area contributed by atoms with Gasteiger partial charge in [0.25, 0.3) is 5.91 Å². The lowest BCUT2D eigenvalue weighted by molar-refractivity contribution is 0.0685. The molecule has 2 N–H and O–H groups in total. The Hall–Kier alpha value is -3.88. The molecule has 3 aromatic rings. The number of ether oxygens (including phenoxy) is 1. The van der Waals surface area contributed by atoms with E-state index >= 15 is 0 Å². The third-order valence-electron chi connectivity index (χ3n) is 4.33. The normalized spacial score (nSPS) is 10.5. The first-order valence-corrected chi connectivity index (χ1v) is 9.48. The van der Waals surface area contributed by atoms with Gasteiger partial charge in [0.15, 0.2) is 11.4 Å². The summed E-state index contributed by atoms with van der Waals surface area (Å²) >= 11 is 0. The maximum Gasteiger partial charge on any atom is 0.356 e. The third-order valence-corrected chi connectivity index (χ3v) is 4.33. The molecule has 1 amide bonds. The number of carbonyl (C=O) groups excluding carboxylic acids is 1. The molecule has 0 aliphatic heterocycles. The average molecular weight is 427 g/mol. The van der Waals surface area contributed by atoms with E-state index < -0.39 is 40.6 Å². The van der Waals surface area contributed by atoms with Crippen LogP contribution in [0.1, 0.15) is 40.7 Å². The van der Waals surface area contributed by atoms with Crippen LogP contribution in [0.25, 0.3) is 11.1 Å². The summed E-state index contributed by atoms with van der Waals surface area (Å²) in [4.78, 5) is 30.7. The number of unbranched alkanes of at least 4 members (excludes halogenated alkanes) is 1. The van der Waals surface area contributed by atoms with Gasteiger partial charge in [-0.25, -0.2) is 23.5 Å². The zero-order valence-corrected chi connectivity index (χ0v) is 16.6. The molecule has 0 unspecified atom stereocenters. The minimum Gasteiger partial charge on any atom is -0.494 e. The Bertz CT molecular complexity index is 1100. The number of aromatic carboxylic acids is 1. The van der Waals surface area contributed by atoms with E-state index in [0.29, 0.717) is 17.9 Å². The van der Waals surface area contributed by atoms with Crippen LogP contribution in [0, 0.1) is 11.6 Å². The summed E-state index contributed by atoms with van der Waals surface area (Å²) in [6.07, 6.45) is 4.06. The summed E-state index contributed by atoms with van der Waals surface area (Å²) in [6, 6.07) is 8.95. The van der Waals surface area contributed by atoms with E-state index in [1.807, 2.05) is 12.2 Å². The Labute approximate surface area is 176 Å². The highest BCUT2D eigenvalue weighted by molar-refractivity contribution is 6.08. The highest BCUT2D eigenvalue weighted by atomic mass is 19.1. The Kier molecular flexibility index (Phi) is 6.86. The molecule has 0 aliphatic rings. The van der Waals surface area contributed by atoms with Crippen molar-refractivity contribution >= 4 is 17.6 Å². The number of hydrogen-bond acceptors (Lipinski definition) is 5. The molecule has 2 aromatic carbocycles. The van der Waals surface area contributed by atoms with Crippen LogP contribution in [-0.4, -0.2) is 33.6 Å². The van der Waals surface area contributed by atoms with Crippen LogP contribution in [0.5, 0.6) is 5.75 Å². The second kappa shape index (κ2) is 9.75. The standard InChI is InChI=1S/C22H19F2N3O4/c1-2-3-9-31-15-6-4-5-13(10-15)14-11-16(23)18(17(24)12-14)27-21(28)19-20(22(29)30)26-8-7-25-19/h4-8,10-12H,2-3,9H2,1H3,(H,27,28)(H,29,30). The summed E-state index contributed by atoms with van der Waals surface area (Å²) in [5.74, 6) is -4.06. The number of hydrogen-bond donors (Lipinski definition) is 2. The number of carboxylic acids is 1. The predicted octanol–water partition coefficient (Wildman–Crippen LogP) is 4.55. The summed E-state index contributed by atoms with van der Waals surface area (Å²) in [7, 11) is 0. The van der Waals surface area contributed by atoms with Crippen molar-refractivity contribution in [3.63, 3.8) is 0 Å². The van der Waals surface area contributed by atoms with Crippen LogP contribution in [0.3, 0.4) is 0 Å². The van der Waals surface area contributed by atoms with Crippen molar-refractivity contribution in [2.75, 3.05) is 11.9 Å². The van der Waals surface area contributed by atoms with Crippen LogP contribution >= 0.6 is 0 Å². The van der Waals surface area contributed by atoms with Crippen molar-refractivity contribution in [2.24, 2.45) is 0 Å². The molecule has 1 heterocycles. The summed E-state index contributed by atoms with van der Waals surface area (Å²) in [5, 5.41) is 11.1. The van der Waals surface area contributed by atoms with E-state index in [-0.39, 0.29) is 5.56 Å². The molecule has 0 fully saturated rings. The number of carboxylic acid groups (broad SMARTS) is 1. The minimum absolute atomic E-state index is 0.250. The lowest BCUT2D eigenvalue weighted by Crippen LogP contribution is -2.20. The number of benzene rings is 2. The van der Waals surface area contributed by atoms with Gasteiger partial charge in [-0.1, -0.05) is 25.5 Å². The van der Waals surface area contributed by atoms with E-state index in [2.05, 4.69) is 9.97 Å². The van der Waals surface area contributed by atoms with Gasteiger partial charge >= 0.3 is 5.97 Å². The fourth-order valence-electron chi connectivity index (χ4n) is 2.79. The zero-order chi connectivity index (χ0) is 22.4. The minimum atomic E-state index is -1.49. The van der Waals surface area contributed by atoms with Gasteiger partial charge in [0.2, 0.25) is 0 Å². The first-order valence-electron chi connectivity index (χ1n) is 9.48. The van der Waals surface area contributed by atoms with E-state index in [4.69, 9.17) is 9.84 Å². The number of amides is 1. The van der Waals surface area contributed by atoms with Crippen molar-refractivity contribution in [3.05, 3.63) is 71.8 Å². The van der Waals surface area contributed by atoms with Gasteiger partial charge in [0.1, 0.15) is 23.1 Å². The van der Waals surface area contributed by atoms with E-state index in [1.165, 1.54) is 0 Å². The van der Waals surface area contributed by atoms with Crippen molar-refractivity contribution in [2.45, 2.75) is 19.8 Å². The maximum atomic E-state index is 14.6. The number of carbonyl (C=O) groups is 2. The average Bonchev–Trinajstić information content (AvgIpc) is 2.76. The monoisotopic (exact) mass is 427 g/mol. The highest BCUT2D eigenvalue weighted by Gasteiger charge is 2.22. The summed E-state index contributed by atoms with van der Waals surface area (Å²) in [6.45, 7) is 2.58. The molecule has 31 heavy (non-hydrogen) atoms. The van der Waals surface area contributed by atoms with Gasteiger partial charge in [-0.2, -0.15) is 0 Å². The van der Waals surface area contributed by atoms with Gasteiger partial charge < -0.3 is 15.2 Å². The molecule has 3 rings (SSSR count). The largest absolute Gasteiger partial charge is 0.494 e. The zero-order valence-electron chi connectivity index (χ0n) is 16.6. The number of anilines is 1. The van der Waals surface area contributed by atoms with Gasteiger partial charge in [-0.15, -0.1) is 0 Å². The Morgan fingerprint density at radius 2 is 1.71 bits per heavy atom. The van der Waals surface area contributed by atoms with Crippen LogP contribution in [0.4, 0.5) is 14.5 Å². The molecule has 0 saturated heterocycles. The van der Waals surface area contributed by atoms with Crippen LogP contribution in [0.2, 0.25) is 0 Å². The first kappa shape index (κ1) is 21.8. The van der Waals surface area contributed by atoms with Crippen molar-refractivity contribution in [1.82, 2.24) is 9.97 Å². The lowest BCUT2D eigenvalue weighted by atomic mass is 10.0. The van der Waals surface area contributed by atoms with Gasteiger partial charge in [-0.3, -0.25) is 4.79 Å². The molecule has 0 aliphatic carbocycles. The molecule has 1 aromatic heterocycles. The quantitative estimate of drug-likeness (QED) is 0.512. The molecule has 0 saturated carbocycles. The second-order valence-electron chi connectivity index (χ2n) is 6.56. The van der Waals surface area contributed by atoms with Crippen LogP contribution in [0.15, 0.2) is 48.8 Å². The van der Waals surface area contributed by atoms with Crippen molar-refractivity contribution in [1.29, 1.82) is 0 Å². The lowest BCUT2D eigenvalue weighted by Gasteiger charge is -2.11. The Morgan fingerprint density at radius 3 is 2.35 bits per heavy atom. The molecular weight excluding hydrogens is 408 g/mol. The summed E-state index contributed by atoms with van der Waals surface area (Å²) in [5.41, 5.74) is -1.12. The molecular formula is C22H19F2N3O4. The third kappa shape index (κ3) is 5.19. The Balaban J connectivity index is 1.86. The number of nitrogens with one attached hydrogen (secondary N) is 1. The Morgan fingerprint density at radius 1 is 1.03 bits per heavy atom. The van der Waals surface area contributed by atoms with Crippen molar-refractivity contribution < 1.29 is 28.2 Å². The fraction of sp³-hybridized carbons (Fsp3) is 0.182.